The van der Waals surface area contributed by atoms with Crippen LogP contribution in [-0.2, 0) is 9.53 Å². The Bertz CT molecular complexity index is 251. The molecule has 2 heterocycles. The van der Waals surface area contributed by atoms with Gasteiger partial charge in [0.15, 0.2) is 0 Å². The number of nitrogens with zero attached hydrogens (tertiary/aromatic N) is 1. The summed E-state index contributed by atoms with van der Waals surface area (Å²) in [6.45, 7) is 3.70. The molecule has 1 atom stereocenters. The van der Waals surface area contributed by atoms with Crippen LogP contribution < -0.4 is 5.32 Å². The molecule has 18 heavy (non-hydrogen) atoms. The maximum absolute atomic E-state index is 12.2. The monoisotopic (exact) mass is 276 g/mol. The van der Waals surface area contributed by atoms with Gasteiger partial charge in [0, 0.05) is 39.3 Å². The van der Waals surface area contributed by atoms with E-state index >= 15 is 0 Å². The quantitative estimate of drug-likeness (QED) is 0.848. The number of hydrogen-bond donors (Lipinski definition) is 1. The van der Waals surface area contributed by atoms with Crippen molar-refractivity contribution in [2.75, 3.05) is 33.4 Å². The molecule has 0 aromatic heterocycles. The number of nitrogens with one attached hydrogen (secondary N) is 1. The first kappa shape index (κ1) is 15.7. The first-order valence-corrected chi connectivity index (χ1v) is 6.81. The topological polar surface area (TPSA) is 41.6 Å². The van der Waals surface area contributed by atoms with Crippen molar-refractivity contribution in [3.05, 3.63) is 0 Å². The van der Waals surface area contributed by atoms with Crippen molar-refractivity contribution in [1.82, 2.24) is 10.2 Å². The van der Waals surface area contributed by atoms with Gasteiger partial charge in [0.25, 0.3) is 0 Å². The highest BCUT2D eigenvalue weighted by molar-refractivity contribution is 5.85. The van der Waals surface area contributed by atoms with E-state index in [1.165, 1.54) is 6.42 Å². The van der Waals surface area contributed by atoms with Crippen LogP contribution in [0.2, 0.25) is 0 Å². The van der Waals surface area contributed by atoms with Gasteiger partial charge in [-0.15, -0.1) is 12.4 Å². The second-order valence-electron chi connectivity index (χ2n) is 5.26. The Kier molecular flexibility index (Phi) is 6.97. The number of likely N-dealkylation sites (N-methyl/N-ethyl adjacent to an activating group) is 1. The van der Waals surface area contributed by atoms with Gasteiger partial charge >= 0.3 is 0 Å². The summed E-state index contributed by atoms with van der Waals surface area (Å²) in [6.07, 6.45) is 5.12. The van der Waals surface area contributed by atoms with Gasteiger partial charge in [0.2, 0.25) is 5.91 Å². The predicted octanol–water partition coefficient (Wildman–Crippen LogP) is 1.44. The summed E-state index contributed by atoms with van der Waals surface area (Å²) in [7, 11) is 1.96. The normalized spacial score (nSPS) is 25.3. The zero-order valence-corrected chi connectivity index (χ0v) is 12.0. The van der Waals surface area contributed by atoms with Gasteiger partial charge in [0.05, 0.1) is 0 Å². The van der Waals surface area contributed by atoms with Gasteiger partial charge < -0.3 is 15.0 Å². The molecular formula is C13H25ClN2O2. The molecule has 0 aromatic rings. The van der Waals surface area contributed by atoms with Gasteiger partial charge in [-0.05, 0) is 38.1 Å². The predicted molar refractivity (Wildman–Crippen MR) is 74.1 cm³/mol. The second kappa shape index (κ2) is 7.97. The van der Waals surface area contributed by atoms with E-state index in [1.807, 2.05) is 11.9 Å². The van der Waals surface area contributed by atoms with Gasteiger partial charge in [-0.2, -0.15) is 0 Å². The summed E-state index contributed by atoms with van der Waals surface area (Å²) >= 11 is 0. The SMILES string of the molecule is CN(C(=O)CC1CCOCC1)[C@H]1CCCNC1.Cl. The number of carbonyl (C=O) groups excluding carboxylic acids is 1. The van der Waals surface area contributed by atoms with Gasteiger partial charge in [-0.25, -0.2) is 0 Å². The fraction of sp³-hybridized carbons (Fsp3) is 0.923. The zero-order chi connectivity index (χ0) is 12.1. The molecule has 0 spiro atoms. The highest BCUT2D eigenvalue weighted by atomic mass is 35.5. The van der Waals surface area contributed by atoms with E-state index in [1.54, 1.807) is 0 Å². The van der Waals surface area contributed by atoms with Crippen LogP contribution in [0, 0.1) is 5.92 Å². The van der Waals surface area contributed by atoms with Crippen LogP contribution in [0.1, 0.15) is 32.1 Å². The third kappa shape index (κ3) is 4.41. The summed E-state index contributed by atoms with van der Waals surface area (Å²) < 4.78 is 5.32. The molecule has 0 aliphatic carbocycles. The third-order valence-electron chi connectivity index (χ3n) is 4.02. The lowest BCUT2D eigenvalue weighted by Gasteiger charge is -2.33. The number of amides is 1. The smallest absolute Gasteiger partial charge is 0.222 e. The number of carbonyl (C=O) groups is 1. The average molecular weight is 277 g/mol. The van der Waals surface area contributed by atoms with Crippen LogP contribution in [0.15, 0.2) is 0 Å². The molecule has 0 unspecified atom stereocenters. The van der Waals surface area contributed by atoms with Crippen LogP contribution in [0.5, 0.6) is 0 Å². The largest absolute Gasteiger partial charge is 0.381 e. The molecule has 106 valence electrons. The van der Waals surface area contributed by atoms with E-state index < -0.39 is 0 Å². The Morgan fingerprint density at radius 3 is 2.67 bits per heavy atom. The van der Waals surface area contributed by atoms with Gasteiger partial charge in [-0.3, -0.25) is 4.79 Å². The lowest BCUT2D eigenvalue weighted by Crippen LogP contribution is -2.47. The molecule has 0 bridgehead atoms. The van der Waals surface area contributed by atoms with E-state index in [4.69, 9.17) is 4.74 Å². The van der Waals surface area contributed by atoms with Crippen molar-refractivity contribution in [3.63, 3.8) is 0 Å². The highest BCUT2D eigenvalue weighted by Gasteiger charge is 2.24. The zero-order valence-electron chi connectivity index (χ0n) is 11.2. The van der Waals surface area contributed by atoms with Crippen LogP contribution >= 0.6 is 12.4 Å². The molecule has 1 N–H and O–H groups in total. The lowest BCUT2D eigenvalue weighted by molar-refractivity contribution is -0.134. The highest BCUT2D eigenvalue weighted by Crippen LogP contribution is 2.20. The molecule has 0 aromatic carbocycles. The summed E-state index contributed by atoms with van der Waals surface area (Å²) in [5.74, 6) is 0.848. The van der Waals surface area contributed by atoms with Gasteiger partial charge in [0.1, 0.15) is 0 Å². The number of piperidine rings is 1. The molecular weight excluding hydrogens is 252 g/mol. The Balaban J connectivity index is 0.00000162. The molecule has 1 amide bonds. The maximum atomic E-state index is 12.2. The molecule has 0 radical (unpaired) electrons. The summed E-state index contributed by atoms with van der Waals surface area (Å²) in [5.41, 5.74) is 0. The molecule has 2 rings (SSSR count). The summed E-state index contributed by atoms with van der Waals surface area (Å²) in [6, 6.07) is 0.399. The third-order valence-corrected chi connectivity index (χ3v) is 4.02. The van der Waals surface area contributed by atoms with Gasteiger partial charge in [-0.1, -0.05) is 0 Å². The summed E-state index contributed by atoms with van der Waals surface area (Å²) in [5, 5.41) is 3.36. The van der Waals surface area contributed by atoms with Crippen LogP contribution in [0.3, 0.4) is 0 Å². The number of ether oxygens (including phenoxy) is 1. The number of halogens is 1. The van der Waals surface area contributed by atoms with Crippen LogP contribution in [-0.4, -0.2) is 50.2 Å². The minimum absolute atomic E-state index is 0. The molecule has 2 fully saturated rings. The molecule has 2 aliphatic heterocycles. The van der Waals surface area contributed by atoms with Crippen LogP contribution in [0.25, 0.3) is 0 Å². The molecule has 5 heteroatoms. The minimum Gasteiger partial charge on any atom is -0.381 e. The maximum Gasteiger partial charge on any atom is 0.222 e. The van der Waals surface area contributed by atoms with Crippen molar-refractivity contribution in [2.45, 2.75) is 38.1 Å². The molecule has 2 aliphatic rings. The van der Waals surface area contributed by atoms with E-state index in [-0.39, 0.29) is 12.4 Å². The Labute approximate surface area is 116 Å². The molecule has 4 nitrogen and oxygen atoms in total. The number of hydrogen-bond acceptors (Lipinski definition) is 3. The Morgan fingerprint density at radius 1 is 1.33 bits per heavy atom. The Morgan fingerprint density at radius 2 is 2.06 bits per heavy atom. The van der Waals surface area contributed by atoms with Crippen molar-refractivity contribution in [1.29, 1.82) is 0 Å². The fourth-order valence-corrected chi connectivity index (χ4v) is 2.71. The molecule has 0 saturated carbocycles. The van der Waals surface area contributed by atoms with E-state index in [9.17, 15) is 4.79 Å². The van der Waals surface area contributed by atoms with Crippen molar-refractivity contribution >= 4 is 18.3 Å². The van der Waals surface area contributed by atoms with E-state index in [2.05, 4.69) is 5.32 Å². The van der Waals surface area contributed by atoms with Crippen LogP contribution in [0.4, 0.5) is 0 Å². The molecule has 2 saturated heterocycles. The van der Waals surface area contributed by atoms with Crippen molar-refractivity contribution in [2.24, 2.45) is 5.92 Å². The van der Waals surface area contributed by atoms with Crippen molar-refractivity contribution < 1.29 is 9.53 Å². The first-order valence-electron chi connectivity index (χ1n) is 6.81. The Hall–Kier alpha value is -0.320. The lowest BCUT2D eigenvalue weighted by atomic mass is 9.95. The first-order chi connectivity index (χ1) is 8.27. The second-order valence-corrected chi connectivity index (χ2v) is 5.26. The fourth-order valence-electron chi connectivity index (χ4n) is 2.71. The van der Waals surface area contributed by atoms with E-state index in [0.29, 0.717) is 24.3 Å². The minimum atomic E-state index is 0. The summed E-state index contributed by atoms with van der Waals surface area (Å²) in [4.78, 5) is 14.1. The average Bonchev–Trinajstić information content (AvgIpc) is 2.40. The standard InChI is InChI=1S/C13H24N2O2.ClH/c1-15(12-3-2-6-14-10-12)13(16)9-11-4-7-17-8-5-11;/h11-12,14H,2-10H2,1H3;1H/t12-;/m0./s1. The van der Waals surface area contributed by atoms with Crippen molar-refractivity contribution in [3.8, 4) is 0 Å². The van der Waals surface area contributed by atoms with E-state index in [0.717, 1.165) is 45.6 Å². The number of rotatable bonds is 3.